The van der Waals surface area contributed by atoms with Crippen molar-refractivity contribution in [2.45, 2.75) is 41.5 Å². The van der Waals surface area contributed by atoms with Crippen molar-refractivity contribution in [3.63, 3.8) is 0 Å². The number of hydrogen-bond acceptors (Lipinski definition) is 0. The first kappa shape index (κ1) is 17.4. The zero-order valence-corrected chi connectivity index (χ0v) is 9.29. The van der Waals surface area contributed by atoms with Crippen molar-refractivity contribution in [2.24, 2.45) is 5.41 Å². The molecule has 0 aromatic carbocycles. The van der Waals surface area contributed by atoms with Gasteiger partial charge in [0.25, 0.3) is 5.41 Å². The van der Waals surface area contributed by atoms with Gasteiger partial charge in [0, 0.05) is 0 Å². The first-order chi connectivity index (χ1) is 9.25. The van der Waals surface area contributed by atoms with E-state index in [1.54, 1.807) is 0 Å². The SMILES string of the molecule is FC(F)(F)C12C(F)(F)C(F)(F)C(F)(C(F)(F)C1(F)F)C2(F)F. The zero-order chi connectivity index (χ0) is 18.0. The fraction of sp³-hybridized carbons (Fsp3) is 1.00. The predicted molar refractivity (Wildman–Crippen MR) is 37.1 cm³/mol. The molecule has 0 spiro atoms. The molecule has 0 aromatic rings. The van der Waals surface area contributed by atoms with Crippen LogP contribution in [-0.4, -0.2) is 41.5 Å². The third-order valence-corrected chi connectivity index (χ3v) is 3.92. The molecule has 2 aliphatic rings. The lowest BCUT2D eigenvalue weighted by Gasteiger charge is -2.46. The summed E-state index contributed by atoms with van der Waals surface area (Å²) in [6, 6.07) is 0. The molecule has 2 rings (SSSR count). The highest BCUT2D eigenvalue weighted by atomic mass is 19.4. The summed E-state index contributed by atoms with van der Waals surface area (Å²) in [5.74, 6) is -37.4. The van der Waals surface area contributed by atoms with E-state index < -0.39 is 46.9 Å². The second-order valence-corrected chi connectivity index (χ2v) is 4.78. The molecule has 2 aliphatic carbocycles. The first-order valence-electron chi connectivity index (χ1n) is 4.90. The predicted octanol–water partition coefficient (Wildman–Crippen LogP) is 4.45. The van der Waals surface area contributed by atoms with Crippen LogP contribution in [-0.2, 0) is 0 Å². The van der Waals surface area contributed by atoms with E-state index in [1.807, 2.05) is 0 Å². The van der Waals surface area contributed by atoms with Crippen LogP contribution in [0.25, 0.3) is 0 Å². The van der Waals surface area contributed by atoms with Crippen LogP contribution in [0.2, 0.25) is 0 Å². The number of fused-ring (bicyclic) bond motifs is 2. The maximum Gasteiger partial charge on any atom is 0.412 e. The molecule has 0 saturated heterocycles. The third kappa shape index (κ3) is 0.965. The highest BCUT2D eigenvalue weighted by Crippen LogP contribution is 2.88. The van der Waals surface area contributed by atoms with Crippen LogP contribution in [0.4, 0.5) is 61.5 Å². The topological polar surface area (TPSA) is 0 Å². The number of rotatable bonds is 0. The maximum absolute atomic E-state index is 13.5. The largest absolute Gasteiger partial charge is 0.412 e. The van der Waals surface area contributed by atoms with Crippen LogP contribution in [0.3, 0.4) is 0 Å². The molecule has 2 fully saturated rings. The minimum absolute atomic E-state index is 7.41. The van der Waals surface area contributed by atoms with Crippen LogP contribution in [0.15, 0.2) is 0 Å². The summed E-state index contributed by atoms with van der Waals surface area (Å²) in [4.78, 5) is 0. The summed E-state index contributed by atoms with van der Waals surface area (Å²) in [5, 5.41) is 0. The molecule has 22 heavy (non-hydrogen) atoms. The fourth-order valence-electron chi connectivity index (χ4n) is 2.88. The van der Waals surface area contributed by atoms with Crippen LogP contribution in [0.5, 0.6) is 0 Å². The summed E-state index contributed by atoms with van der Waals surface area (Å²) in [6.07, 6.45) is -7.69. The van der Waals surface area contributed by atoms with Gasteiger partial charge in [-0.2, -0.15) is 48.3 Å². The highest BCUT2D eigenvalue weighted by molar-refractivity contribution is 5.45. The van der Waals surface area contributed by atoms with E-state index in [-0.39, 0.29) is 0 Å². The van der Waals surface area contributed by atoms with Crippen molar-refractivity contribution in [3.05, 3.63) is 0 Å². The maximum atomic E-state index is 13.5. The summed E-state index contributed by atoms with van der Waals surface area (Å²) >= 11 is 0. The Labute approximate surface area is 110 Å². The van der Waals surface area contributed by atoms with Gasteiger partial charge in [0.2, 0.25) is 0 Å². The first-order valence-corrected chi connectivity index (χ1v) is 4.90. The Balaban J connectivity index is 3.13. The molecule has 0 N–H and O–H groups in total. The van der Waals surface area contributed by atoms with Gasteiger partial charge in [-0.05, 0) is 0 Å². The van der Waals surface area contributed by atoms with E-state index in [0.29, 0.717) is 0 Å². The molecule has 2 saturated carbocycles. The van der Waals surface area contributed by atoms with Gasteiger partial charge >= 0.3 is 41.5 Å². The molecule has 130 valence electrons. The summed E-state index contributed by atoms with van der Waals surface area (Å²) in [7, 11) is 0. The summed E-state index contributed by atoms with van der Waals surface area (Å²) in [6.45, 7) is 0. The second kappa shape index (κ2) is 3.28. The highest BCUT2D eigenvalue weighted by Gasteiger charge is 3.20. The smallest absolute Gasteiger partial charge is 0.223 e. The Morgan fingerprint density at radius 3 is 0.864 bits per heavy atom. The Bertz CT molecular complexity index is 495. The van der Waals surface area contributed by atoms with E-state index in [4.69, 9.17) is 0 Å². The van der Waals surface area contributed by atoms with E-state index in [0.717, 1.165) is 0 Å². The number of alkyl halides is 14. The lowest BCUT2D eigenvalue weighted by atomic mass is 9.73. The third-order valence-electron chi connectivity index (χ3n) is 3.92. The monoisotopic (exact) mass is 362 g/mol. The minimum Gasteiger partial charge on any atom is -0.223 e. The molecule has 0 amide bonds. The van der Waals surface area contributed by atoms with Crippen molar-refractivity contribution >= 4 is 0 Å². The molecular formula is C8F14. The number of hydrogen-bond donors (Lipinski definition) is 0. The molecule has 14 heteroatoms. The zero-order valence-electron chi connectivity index (χ0n) is 9.29. The Morgan fingerprint density at radius 2 is 0.682 bits per heavy atom. The normalized spacial score (nSPS) is 43.4. The summed E-state index contributed by atoms with van der Waals surface area (Å²) < 4.78 is 182. The lowest BCUT2D eigenvalue weighted by Crippen LogP contribution is -2.75. The van der Waals surface area contributed by atoms with Crippen LogP contribution in [0.1, 0.15) is 0 Å². The van der Waals surface area contributed by atoms with Gasteiger partial charge in [0.15, 0.2) is 0 Å². The molecule has 0 nitrogen and oxygen atoms in total. The molecule has 2 bridgehead atoms. The van der Waals surface area contributed by atoms with E-state index in [9.17, 15) is 61.5 Å². The average Bonchev–Trinajstić information content (AvgIpc) is 2.34. The van der Waals surface area contributed by atoms with Gasteiger partial charge in [0.05, 0.1) is 0 Å². The van der Waals surface area contributed by atoms with E-state index in [1.165, 1.54) is 0 Å². The Kier molecular flexibility index (Phi) is 2.59. The molecule has 0 aromatic heterocycles. The van der Waals surface area contributed by atoms with Gasteiger partial charge < -0.3 is 0 Å². The fourth-order valence-corrected chi connectivity index (χ4v) is 2.88. The molecule has 0 atom stereocenters. The van der Waals surface area contributed by atoms with Crippen LogP contribution < -0.4 is 0 Å². The minimum atomic E-state index is -7.69. The molecule has 0 radical (unpaired) electrons. The molecule has 0 heterocycles. The van der Waals surface area contributed by atoms with E-state index in [2.05, 4.69) is 0 Å². The second-order valence-electron chi connectivity index (χ2n) is 4.78. The van der Waals surface area contributed by atoms with Gasteiger partial charge in [-0.3, -0.25) is 0 Å². The van der Waals surface area contributed by atoms with Crippen LogP contribution >= 0.6 is 0 Å². The van der Waals surface area contributed by atoms with Gasteiger partial charge in [-0.1, -0.05) is 0 Å². The Morgan fingerprint density at radius 1 is 0.409 bits per heavy atom. The van der Waals surface area contributed by atoms with Crippen LogP contribution in [0, 0.1) is 5.41 Å². The lowest BCUT2D eigenvalue weighted by molar-refractivity contribution is -0.449. The van der Waals surface area contributed by atoms with Crippen molar-refractivity contribution in [3.8, 4) is 0 Å². The van der Waals surface area contributed by atoms with Crippen molar-refractivity contribution in [1.82, 2.24) is 0 Å². The summed E-state index contributed by atoms with van der Waals surface area (Å²) in [5.41, 5.74) is -15.0. The Hall–Kier alpha value is -0.980. The molecular weight excluding hydrogens is 362 g/mol. The van der Waals surface area contributed by atoms with Gasteiger partial charge in [-0.25, -0.2) is 13.2 Å². The quantitative estimate of drug-likeness (QED) is 0.559. The number of halogens is 14. The van der Waals surface area contributed by atoms with E-state index >= 15 is 0 Å². The molecule has 0 unspecified atom stereocenters. The van der Waals surface area contributed by atoms with Gasteiger partial charge in [-0.15, -0.1) is 0 Å². The average molecular weight is 362 g/mol. The van der Waals surface area contributed by atoms with Crippen molar-refractivity contribution in [2.75, 3.05) is 0 Å². The van der Waals surface area contributed by atoms with Crippen molar-refractivity contribution in [1.29, 1.82) is 0 Å². The van der Waals surface area contributed by atoms with Gasteiger partial charge in [0.1, 0.15) is 0 Å². The standard InChI is InChI=1S/C8F14/c9-2-3(10,11)1(8(20,21)22,4(12,13)6(2,16)17)5(14,15)7(2,18)19. The van der Waals surface area contributed by atoms with Crippen molar-refractivity contribution < 1.29 is 61.5 Å². The molecule has 0 aliphatic heterocycles.